The minimum atomic E-state index is 0.194. The average Bonchev–Trinajstić information content (AvgIpc) is 3.21. The molecule has 0 aromatic heterocycles. The van der Waals surface area contributed by atoms with Gasteiger partial charge in [-0.05, 0) is 42.6 Å². The van der Waals surface area contributed by atoms with E-state index in [0.29, 0.717) is 6.42 Å². The highest BCUT2D eigenvalue weighted by Gasteiger charge is 2.43. The summed E-state index contributed by atoms with van der Waals surface area (Å²) in [5.41, 5.74) is 1.22. The number of benzene rings is 1. The third-order valence-electron chi connectivity index (χ3n) is 3.92. The number of rotatable bonds is 7. The van der Waals surface area contributed by atoms with Gasteiger partial charge in [0, 0.05) is 18.7 Å². The van der Waals surface area contributed by atoms with Crippen molar-refractivity contribution in [1.29, 1.82) is 0 Å². The number of hydrogen-bond acceptors (Lipinski definition) is 2. The van der Waals surface area contributed by atoms with Crippen molar-refractivity contribution in [2.75, 3.05) is 17.2 Å². The molecule has 19 heavy (non-hydrogen) atoms. The van der Waals surface area contributed by atoms with Crippen LogP contribution in [0.2, 0.25) is 0 Å². The van der Waals surface area contributed by atoms with Crippen molar-refractivity contribution in [2.45, 2.75) is 39.0 Å². The van der Waals surface area contributed by atoms with E-state index >= 15 is 0 Å². The molecule has 1 aromatic carbocycles. The Morgan fingerprint density at radius 1 is 1.32 bits per heavy atom. The van der Waals surface area contributed by atoms with Gasteiger partial charge in [-0.2, -0.15) is 12.6 Å². The number of hydrogen-bond donors (Lipinski definition) is 1. The van der Waals surface area contributed by atoms with Crippen LogP contribution in [0.1, 0.15) is 39.0 Å². The predicted octanol–water partition coefficient (Wildman–Crippen LogP) is 3.92. The van der Waals surface area contributed by atoms with Crippen molar-refractivity contribution in [1.82, 2.24) is 0 Å². The van der Waals surface area contributed by atoms with Gasteiger partial charge in [0.05, 0.1) is 0 Å². The number of amides is 1. The first-order chi connectivity index (χ1) is 9.21. The smallest absolute Gasteiger partial charge is 0.227 e. The number of unbranched alkanes of at least 4 members (excludes halogenated alkanes) is 1. The molecule has 0 aliphatic heterocycles. The quantitative estimate of drug-likeness (QED) is 0.749. The van der Waals surface area contributed by atoms with Crippen LogP contribution in [0.15, 0.2) is 30.3 Å². The van der Waals surface area contributed by atoms with Crippen molar-refractivity contribution in [3.05, 3.63) is 30.3 Å². The molecule has 1 fully saturated rings. The summed E-state index contributed by atoms with van der Waals surface area (Å²) in [6.45, 7) is 2.98. The second-order valence-corrected chi connectivity index (χ2v) is 5.89. The van der Waals surface area contributed by atoms with Crippen molar-refractivity contribution < 1.29 is 4.79 Å². The van der Waals surface area contributed by atoms with Gasteiger partial charge in [0.15, 0.2) is 0 Å². The summed E-state index contributed by atoms with van der Waals surface area (Å²) >= 11 is 4.39. The van der Waals surface area contributed by atoms with Crippen molar-refractivity contribution in [3.63, 3.8) is 0 Å². The van der Waals surface area contributed by atoms with E-state index in [2.05, 4.69) is 19.6 Å². The standard InChI is InChI=1S/C16H23NOS/c1-2-3-11-17(14-7-5-4-6-8-14)15(18)12-16(13-19)9-10-16/h4-8,19H,2-3,9-13H2,1H3. The number of para-hydroxylation sites is 1. The third kappa shape index (κ3) is 3.75. The molecule has 0 heterocycles. The summed E-state index contributed by atoms with van der Waals surface area (Å²) in [6.07, 6.45) is 5.11. The molecule has 1 saturated carbocycles. The van der Waals surface area contributed by atoms with E-state index in [4.69, 9.17) is 0 Å². The third-order valence-corrected chi connectivity index (χ3v) is 4.59. The van der Waals surface area contributed by atoms with Gasteiger partial charge in [0.25, 0.3) is 0 Å². The van der Waals surface area contributed by atoms with Crippen LogP contribution < -0.4 is 4.90 Å². The molecular weight excluding hydrogens is 254 g/mol. The monoisotopic (exact) mass is 277 g/mol. The van der Waals surface area contributed by atoms with E-state index in [9.17, 15) is 4.79 Å². The first-order valence-electron chi connectivity index (χ1n) is 7.17. The normalized spacial score (nSPS) is 16.1. The Hall–Kier alpha value is -0.960. The number of nitrogens with zero attached hydrogens (tertiary/aromatic N) is 1. The Balaban J connectivity index is 2.06. The molecule has 3 heteroatoms. The summed E-state index contributed by atoms with van der Waals surface area (Å²) in [4.78, 5) is 14.5. The van der Waals surface area contributed by atoms with Crippen LogP contribution in [0.3, 0.4) is 0 Å². The number of anilines is 1. The lowest BCUT2D eigenvalue weighted by Crippen LogP contribution is -2.33. The fourth-order valence-corrected chi connectivity index (χ4v) is 2.73. The largest absolute Gasteiger partial charge is 0.312 e. The van der Waals surface area contributed by atoms with Gasteiger partial charge in [0.1, 0.15) is 0 Å². The Morgan fingerprint density at radius 2 is 2.00 bits per heavy atom. The van der Waals surface area contributed by atoms with Gasteiger partial charge < -0.3 is 4.90 Å². The predicted molar refractivity (Wildman–Crippen MR) is 83.8 cm³/mol. The summed E-state index contributed by atoms with van der Waals surface area (Å²) in [7, 11) is 0. The van der Waals surface area contributed by atoms with E-state index in [1.54, 1.807) is 0 Å². The molecule has 104 valence electrons. The highest BCUT2D eigenvalue weighted by molar-refractivity contribution is 7.80. The highest BCUT2D eigenvalue weighted by atomic mass is 32.1. The molecule has 0 saturated heterocycles. The van der Waals surface area contributed by atoms with E-state index in [-0.39, 0.29) is 11.3 Å². The maximum absolute atomic E-state index is 12.6. The Kier molecular flexibility index (Phi) is 4.92. The Morgan fingerprint density at radius 3 is 2.53 bits per heavy atom. The van der Waals surface area contributed by atoms with Gasteiger partial charge in [0.2, 0.25) is 5.91 Å². The molecule has 0 radical (unpaired) electrons. The lowest BCUT2D eigenvalue weighted by Gasteiger charge is -2.25. The summed E-state index contributed by atoms with van der Waals surface area (Å²) in [5, 5.41) is 0. The number of thiol groups is 1. The number of carbonyl (C=O) groups is 1. The van der Waals surface area contributed by atoms with Gasteiger partial charge in [-0.3, -0.25) is 4.79 Å². The number of carbonyl (C=O) groups excluding carboxylic acids is 1. The zero-order valence-corrected chi connectivity index (χ0v) is 12.5. The molecule has 0 unspecified atom stereocenters. The molecular formula is C16H23NOS. The maximum Gasteiger partial charge on any atom is 0.227 e. The summed E-state index contributed by atoms with van der Waals surface area (Å²) < 4.78 is 0. The fourth-order valence-electron chi connectivity index (χ4n) is 2.31. The minimum absolute atomic E-state index is 0.194. The lowest BCUT2D eigenvalue weighted by atomic mass is 10.0. The van der Waals surface area contributed by atoms with Crippen molar-refractivity contribution >= 4 is 24.2 Å². The fraction of sp³-hybridized carbons (Fsp3) is 0.562. The Bertz CT molecular complexity index is 414. The van der Waals surface area contributed by atoms with Gasteiger partial charge in [-0.25, -0.2) is 0 Å². The lowest BCUT2D eigenvalue weighted by molar-refractivity contribution is -0.119. The van der Waals surface area contributed by atoms with Crippen LogP contribution in [-0.2, 0) is 4.79 Å². The molecule has 2 rings (SSSR count). The molecule has 1 aliphatic rings. The van der Waals surface area contributed by atoms with Crippen LogP contribution in [0.5, 0.6) is 0 Å². The van der Waals surface area contributed by atoms with E-state index in [1.165, 1.54) is 0 Å². The topological polar surface area (TPSA) is 20.3 Å². The van der Waals surface area contributed by atoms with Crippen LogP contribution in [0.25, 0.3) is 0 Å². The maximum atomic E-state index is 12.6. The zero-order chi connectivity index (χ0) is 13.7. The highest BCUT2D eigenvalue weighted by Crippen LogP contribution is 2.50. The molecule has 0 spiro atoms. The molecule has 0 atom stereocenters. The molecule has 1 aromatic rings. The summed E-state index contributed by atoms with van der Waals surface area (Å²) in [6, 6.07) is 10.0. The zero-order valence-electron chi connectivity index (χ0n) is 11.6. The van der Waals surface area contributed by atoms with E-state index in [1.807, 2.05) is 35.2 Å². The van der Waals surface area contributed by atoms with E-state index < -0.39 is 0 Å². The van der Waals surface area contributed by atoms with Gasteiger partial charge in [-0.15, -0.1) is 0 Å². The molecule has 1 aliphatic carbocycles. The van der Waals surface area contributed by atoms with Crippen molar-refractivity contribution in [2.24, 2.45) is 5.41 Å². The second kappa shape index (κ2) is 6.47. The first kappa shape index (κ1) is 14.4. The van der Waals surface area contributed by atoms with Crippen molar-refractivity contribution in [3.8, 4) is 0 Å². The van der Waals surface area contributed by atoms with Crippen LogP contribution in [-0.4, -0.2) is 18.2 Å². The van der Waals surface area contributed by atoms with Gasteiger partial charge >= 0.3 is 0 Å². The van der Waals surface area contributed by atoms with E-state index in [0.717, 1.165) is 43.7 Å². The van der Waals surface area contributed by atoms with Crippen LogP contribution in [0.4, 0.5) is 5.69 Å². The van der Waals surface area contributed by atoms with Crippen LogP contribution in [0, 0.1) is 5.41 Å². The second-order valence-electron chi connectivity index (χ2n) is 5.57. The molecule has 1 amide bonds. The SMILES string of the molecule is CCCCN(C(=O)CC1(CS)CC1)c1ccccc1. The molecule has 0 N–H and O–H groups in total. The average molecular weight is 277 g/mol. The van der Waals surface area contributed by atoms with Crippen LogP contribution >= 0.6 is 12.6 Å². The van der Waals surface area contributed by atoms with Gasteiger partial charge in [-0.1, -0.05) is 31.5 Å². The summed E-state index contributed by atoms with van der Waals surface area (Å²) in [5.74, 6) is 1.08. The molecule has 2 nitrogen and oxygen atoms in total. The minimum Gasteiger partial charge on any atom is -0.312 e. The molecule has 0 bridgehead atoms. The first-order valence-corrected chi connectivity index (χ1v) is 7.80. The Labute approximate surface area is 121 Å².